The van der Waals surface area contributed by atoms with Crippen molar-refractivity contribution in [3.8, 4) is 5.69 Å². The van der Waals surface area contributed by atoms with Crippen molar-refractivity contribution in [3.05, 3.63) is 47.8 Å². The van der Waals surface area contributed by atoms with Gasteiger partial charge in [-0.3, -0.25) is 9.59 Å². The Balaban J connectivity index is 1.35. The van der Waals surface area contributed by atoms with Crippen LogP contribution in [-0.2, 0) is 11.3 Å². The minimum absolute atomic E-state index is 0.0829. The van der Waals surface area contributed by atoms with Crippen LogP contribution >= 0.6 is 0 Å². The maximum absolute atomic E-state index is 12.6. The lowest BCUT2D eigenvalue weighted by Gasteiger charge is -2.32. The normalized spacial score (nSPS) is 18.0. The molecule has 2 aromatic rings. The Morgan fingerprint density at radius 3 is 2.46 bits per heavy atom. The minimum Gasteiger partial charge on any atom is -0.352 e. The Morgan fingerprint density at radius 1 is 1.11 bits per heavy atom. The van der Waals surface area contributed by atoms with Crippen LogP contribution in [-0.4, -0.2) is 64.6 Å². The van der Waals surface area contributed by atoms with Crippen LogP contribution < -0.4 is 5.32 Å². The molecule has 28 heavy (non-hydrogen) atoms. The van der Waals surface area contributed by atoms with Crippen molar-refractivity contribution in [1.29, 1.82) is 0 Å². The van der Waals surface area contributed by atoms with E-state index in [-0.39, 0.29) is 17.7 Å². The summed E-state index contributed by atoms with van der Waals surface area (Å²) >= 11 is 0. The van der Waals surface area contributed by atoms with Crippen molar-refractivity contribution in [1.82, 2.24) is 24.9 Å². The number of nitrogens with zero attached hydrogens (tertiary/aromatic N) is 4. The van der Waals surface area contributed by atoms with E-state index in [9.17, 15) is 9.59 Å². The molecule has 1 N–H and O–H groups in total. The van der Waals surface area contributed by atoms with E-state index in [4.69, 9.17) is 0 Å². The van der Waals surface area contributed by atoms with E-state index in [1.165, 1.54) is 0 Å². The number of carbonyl (C=O) groups excluding carboxylic acids is 2. The maximum Gasteiger partial charge on any atom is 0.253 e. The summed E-state index contributed by atoms with van der Waals surface area (Å²) in [7, 11) is 2.08. The second-order valence-corrected chi connectivity index (χ2v) is 7.78. The number of nitrogens with one attached hydrogen (secondary N) is 1. The monoisotopic (exact) mass is 381 g/mol. The highest BCUT2D eigenvalue weighted by Crippen LogP contribution is 2.26. The number of rotatable bonds is 5. The van der Waals surface area contributed by atoms with Crippen molar-refractivity contribution in [2.75, 3.05) is 33.2 Å². The fraction of sp³-hybridized carbons (Fsp3) is 0.476. The molecule has 0 spiro atoms. The van der Waals surface area contributed by atoms with Gasteiger partial charge in [0.1, 0.15) is 0 Å². The van der Waals surface area contributed by atoms with E-state index in [1.54, 1.807) is 10.9 Å². The Hall–Kier alpha value is -2.67. The summed E-state index contributed by atoms with van der Waals surface area (Å²) in [6.07, 6.45) is 6.85. The zero-order valence-electron chi connectivity index (χ0n) is 16.3. The van der Waals surface area contributed by atoms with Crippen molar-refractivity contribution < 1.29 is 9.59 Å². The van der Waals surface area contributed by atoms with Crippen LogP contribution in [0.2, 0.25) is 0 Å². The molecular formula is C21H27N5O2. The summed E-state index contributed by atoms with van der Waals surface area (Å²) in [6, 6.07) is 7.53. The number of likely N-dealkylation sites (N-methyl/N-ethyl adjacent to an activating group) is 1. The Kier molecular flexibility index (Phi) is 5.43. The largest absolute Gasteiger partial charge is 0.352 e. The molecule has 7 nitrogen and oxygen atoms in total. The number of hydrogen-bond donors (Lipinski definition) is 1. The van der Waals surface area contributed by atoms with Crippen molar-refractivity contribution in [3.63, 3.8) is 0 Å². The molecule has 1 aromatic carbocycles. The third-order valence-electron chi connectivity index (χ3n) is 5.75. The Labute approximate surface area is 165 Å². The SMILES string of the molecule is CN1CCN(C(=O)c2ccc(-n3cc(CNC(=O)C4CCC4)cn3)cc2)CC1. The number of amides is 2. The third-order valence-corrected chi connectivity index (χ3v) is 5.75. The fourth-order valence-electron chi connectivity index (χ4n) is 3.55. The first-order chi connectivity index (χ1) is 13.6. The van der Waals surface area contributed by atoms with Gasteiger partial charge in [-0.05, 0) is 44.2 Å². The summed E-state index contributed by atoms with van der Waals surface area (Å²) in [4.78, 5) is 28.7. The molecule has 2 aliphatic rings. The number of hydrogen-bond acceptors (Lipinski definition) is 4. The molecule has 2 amide bonds. The van der Waals surface area contributed by atoms with Crippen LogP contribution in [0.5, 0.6) is 0 Å². The van der Waals surface area contributed by atoms with Crippen LogP contribution in [0.1, 0.15) is 35.2 Å². The van der Waals surface area contributed by atoms with Gasteiger partial charge in [0.25, 0.3) is 5.91 Å². The predicted molar refractivity (Wildman–Crippen MR) is 106 cm³/mol. The van der Waals surface area contributed by atoms with Gasteiger partial charge in [0.15, 0.2) is 0 Å². The van der Waals surface area contributed by atoms with Gasteiger partial charge in [-0.25, -0.2) is 4.68 Å². The Morgan fingerprint density at radius 2 is 1.82 bits per heavy atom. The van der Waals surface area contributed by atoms with Gasteiger partial charge >= 0.3 is 0 Å². The molecule has 0 atom stereocenters. The lowest BCUT2D eigenvalue weighted by molar-refractivity contribution is -0.127. The summed E-state index contributed by atoms with van der Waals surface area (Å²) in [6.45, 7) is 3.86. The molecule has 1 aliphatic carbocycles. The van der Waals surface area contributed by atoms with Crippen LogP contribution in [0.25, 0.3) is 5.69 Å². The van der Waals surface area contributed by atoms with E-state index in [1.807, 2.05) is 35.4 Å². The summed E-state index contributed by atoms with van der Waals surface area (Å²) in [5, 5.41) is 7.36. The standard InChI is InChI=1S/C21H27N5O2/c1-24-9-11-25(12-10-24)21(28)18-5-7-19(8-6-18)26-15-16(14-23-26)13-22-20(27)17-3-2-4-17/h5-8,14-15,17H,2-4,9-13H2,1H3,(H,22,27). The quantitative estimate of drug-likeness (QED) is 0.855. The van der Waals surface area contributed by atoms with Gasteiger partial charge in [-0.1, -0.05) is 6.42 Å². The van der Waals surface area contributed by atoms with Gasteiger partial charge in [0.2, 0.25) is 5.91 Å². The predicted octanol–water partition coefficient (Wildman–Crippen LogP) is 1.68. The van der Waals surface area contributed by atoms with Gasteiger partial charge in [0, 0.05) is 56.0 Å². The molecule has 2 fully saturated rings. The molecular weight excluding hydrogens is 354 g/mol. The molecule has 1 aromatic heterocycles. The topological polar surface area (TPSA) is 70.5 Å². The van der Waals surface area contributed by atoms with E-state index < -0.39 is 0 Å². The molecule has 148 valence electrons. The minimum atomic E-state index is 0.0829. The van der Waals surface area contributed by atoms with E-state index in [0.29, 0.717) is 12.1 Å². The first-order valence-corrected chi connectivity index (χ1v) is 9.99. The maximum atomic E-state index is 12.6. The lowest BCUT2D eigenvalue weighted by Crippen LogP contribution is -2.47. The molecule has 1 saturated heterocycles. The summed E-state index contributed by atoms with van der Waals surface area (Å²) in [5.41, 5.74) is 2.56. The summed E-state index contributed by atoms with van der Waals surface area (Å²) in [5.74, 6) is 0.422. The average Bonchev–Trinajstić information content (AvgIpc) is 3.14. The second kappa shape index (κ2) is 8.14. The molecule has 1 aliphatic heterocycles. The van der Waals surface area contributed by atoms with Crippen molar-refractivity contribution >= 4 is 11.8 Å². The van der Waals surface area contributed by atoms with Crippen LogP contribution in [0.4, 0.5) is 0 Å². The zero-order valence-corrected chi connectivity index (χ0v) is 16.3. The average molecular weight is 381 g/mol. The highest BCUT2D eigenvalue weighted by atomic mass is 16.2. The molecule has 0 unspecified atom stereocenters. The number of piperazine rings is 1. The summed E-state index contributed by atoms with van der Waals surface area (Å²) < 4.78 is 1.77. The first-order valence-electron chi connectivity index (χ1n) is 9.99. The van der Waals surface area contributed by atoms with Crippen LogP contribution in [0.3, 0.4) is 0 Å². The van der Waals surface area contributed by atoms with E-state index in [0.717, 1.165) is 56.7 Å². The van der Waals surface area contributed by atoms with Crippen LogP contribution in [0, 0.1) is 5.92 Å². The zero-order chi connectivity index (χ0) is 19.5. The smallest absolute Gasteiger partial charge is 0.253 e. The molecule has 1 saturated carbocycles. The fourth-order valence-corrected chi connectivity index (χ4v) is 3.55. The number of aromatic nitrogens is 2. The van der Waals surface area contributed by atoms with Crippen LogP contribution in [0.15, 0.2) is 36.7 Å². The molecule has 0 radical (unpaired) electrons. The van der Waals surface area contributed by atoms with Gasteiger partial charge in [-0.2, -0.15) is 5.10 Å². The molecule has 7 heteroatoms. The van der Waals surface area contributed by atoms with E-state index in [2.05, 4.69) is 22.4 Å². The van der Waals surface area contributed by atoms with Gasteiger partial charge in [0.05, 0.1) is 11.9 Å². The number of benzene rings is 1. The first kappa shape index (κ1) is 18.7. The van der Waals surface area contributed by atoms with E-state index >= 15 is 0 Å². The number of carbonyl (C=O) groups is 2. The molecule has 0 bridgehead atoms. The third kappa shape index (κ3) is 4.09. The van der Waals surface area contributed by atoms with Gasteiger partial charge < -0.3 is 15.1 Å². The lowest BCUT2D eigenvalue weighted by atomic mass is 9.85. The van der Waals surface area contributed by atoms with Crippen molar-refractivity contribution in [2.24, 2.45) is 5.92 Å². The van der Waals surface area contributed by atoms with Gasteiger partial charge in [-0.15, -0.1) is 0 Å². The molecule has 2 heterocycles. The van der Waals surface area contributed by atoms with Crippen molar-refractivity contribution in [2.45, 2.75) is 25.8 Å². The second-order valence-electron chi connectivity index (χ2n) is 7.78. The molecule has 4 rings (SSSR count). The highest BCUT2D eigenvalue weighted by molar-refractivity contribution is 5.94. The highest BCUT2D eigenvalue weighted by Gasteiger charge is 2.24. The Bertz CT molecular complexity index is 833.